The van der Waals surface area contributed by atoms with Crippen LogP contribution in [0.4, 0.5) is 0 Å². The third-order valence-electron chi connectivity index (χ3n) is 2.72. The van der Waals surface area contributed by atoms with E-state index >= 15 is 0 Å². The topological polar surface area (TPSA) is 29.5 Å². The van der Waals surface area contributed by atoms with E-state index in [9.17, 15) is 4.79 Å². The molecule has 1 fully saturated rings. The fraction of sp³-hybridized carbons (Fsp3) is 0.909. The first-order valence-corrected chi connectivity index (χ1v) is 6.73. The molecule has 0 aromatic heterocycles. The first kappa shape index (κ1) is 13.0. The molecule has 88 valence electrons. The second-order valence-corrected chi connectivity index (χ2v) is 5.02. The fourth-order valence-electron chi connectivity index (χ4n) is 1.82. The van der Waals surface area contributed by atoms with Crippen molar-refractivity contribution in [3.8, 4) is 0 Å². The Morgan fingerprint density at radius 1 is 1.60 bits per heavy atom. The van der Waals surface area contributed by atoms with Gasteiger partial charge in [-0.2, -0.15) is 0 Å². The molecule has 3 nitrogen and oxygen atoms in total. The molecule has 1 aliphatic heterocycles. The van der Waals surface area contributed by atoms with Gasteiger partial charge in [0.25, 0.3) is 0 Å². The molecule has 15 heavy (non-hydrogen) atoms. The van der Waals surface area contributed by atoms with Crippen molar-refractivity contribution in [2.45, 2.75) is 32.7 Å². The van der Waals surface area contributed by atoms with Crippen molar-refractivity contribution in [3.63, 3.8) is 0 Å². The molecule has 1 saturated heterocycles. The number of halogens is 1. The van der Waals surface area contributed by atoms with Gasteiger partial charge in [0.2, 0.25) is 5.91 Å². The van der Waals surface area contributed by atoms with Gasteiger partial charge < -0.3 is 9.64 Å². The first-order chi connectivity index (χ1) is 7.16. The quantitative estimate of drug-likeness (QED) is 0.720. The van der Waals surface area contributed by atoms with E-state index in [0.717, 1.165) is 31.3 Å². The maximum absolute atomic E-state index is 12.1. The van der Waals surface area contributed by atoms with Gasteiger partial charge >= 0.3 is 0 Å². The van der Waals surface area contributed by atoms with Crippen LogP contribution in [0.15, 0.2) is 0 Å². The van der Waals surface area contributed by atoms with Crippen LogP contribution in [0, 0.1) is 5.92 Å². The number of ether oxygens (including phenoxy) is 1. The van der Waals surface area contributed by atoms with Crippen molar-refractivity contribution in [2.75, 3.05) is 25.1 Å². The number of hydrogen-bond donors (Lipinski definition) is 0. The highest BCUT2D eigenvalue weighted by molar-refractivity contribution is 9.09. The number of hydrogen-bond acceptors (Lipinski definition) is 2. The van der Waals surface area contributed by atoms with Crippen LogP contribution in [0.1, 0.15) is 26.7 Å². The Balaban J connectivity index is 2.49. The lowest BCUT2D eigenvalue weighted by Crippen LogP contribution is -2.41. The van der Waals surface area contributed by atoms with Crippen molar-refractivity contribution < 1.29 is 9.53 Å². The molecule has 0 aliphatic carbocycles. The summed E-state index contributed by atoms with van der Waals surface area (Å²) < 4.78 is 5.26. The minimum Gasteiger partial charge on any atom is -0.381 e. The zero-order chi connectivity index (χ0) is 11.3. The molecular weight excluding hydrogens is 258 g/mol. The van der Waals surface area contributed by atoms with Crippen LogP contribution >= 0.6 is 15.9 Å². The fourth-order valence-corrected chi connectivity index (χ4v) is 2.07. The molecule has 0 aromatic rings. The van der Waals surface area contributed by atoms with Crippen molar-refractivity contribution in [1.82, 2.24) is 4.90 Å². The Kier molecular flexibility index (Phi) is 5.61. The van der Waals surface area contributed by atoms with Crippen molar-refractivity contribution in [3.05, 3.63) is 0 Å². The molecule has 0 aromatic carbocycles. The minimum atomic E-state index is 0.0997. The highest BCUT2D eigenvalue weighted by atomic mass is 79.9. The Bertz CT molecular complexity index is 203. The monoisotopic (exact) mass is 277 g/mol. The summed E-state index contributed by atoms with van der Waals surface area (Å²) in [5.74, 6) is 0.367. The average Bonchev–Trinajstić information content (AvgIpc) is 2.70. The van der Waals surface area contributed by atoms with E-state index in [1.54, 1.807) is 0 Å². The molecule has 1 atom stereocenters. The highest BCUT2D eigenvalue weighted by Crippen LogP contribution is 2.17. The number of amides is 1. The van der Waals surface area contributed by atoms with E-state index in [1.807, 2.05) is 4.90 Å². The lowest BCUT2D eigenvalue weighted by molar-refractivity contribution is -0.137. The summed E-state index contributed by atoms with van der Waals surface area (Å²) in [6.45, 7) is 6.33. The van der Waals surface area contributed by atoms with Crippen molar-refractivity contribution in [2.24, 2.45) is 5.92 Å². The number of alkyl halides is 1. The van der Waals surface area contributed by atoms with Gasteiger partial charge in [0.05, 0.1) is 12.5 Å². The van der Waals surface area contributed by atoms with Gasteiger partial charge in [-0.3, -0.25) is 4.79 Å². The van der Waals surface area contributed by atoms with Crippen LogP contribution < -0.4 is 0 Å². The second kappa shape index (κ2) is 6.48. The number of rotatable bonds is 5. The summed E-state index contributed by atoms with van der Waals surface area (Å²) in [4.78, 5) is 14.1. The van der Waals surface area contributed by atoms with E-state index in [0.29, 0.717) is 6.61 Å². The molecule has 0 saturated carbocycles. The Morgan fingerprint density at radius 2 is 2.33 bits per heavy atom. The molecule has 1 amide bonds. The number of carbonyl (C=O) groups is 1. The SMILES string of the molecule is CC(C)N(CCCBr)C(=O)C1CCOC1. The van der Waals surface area contributed by atoms with Crippen LogP contribution in [0.3, 0.4) is 0 Å². The van der Waals surface area contributed by atoms with E-state index in [1.165, 1.54) is 0 Å². The second-order valence-electron chi connectivity index (χ2n) is 4.23. The molecule has 0 radical (unpaired) electrons. The van der Waals surface area contributed by atoms with Crippen LogP contribution in [-0.2, 0) is 9.53 Å². The summed E-state index contributed by atoms with van der Waals surface area (Å²) in [7, 11) is 0. The summed E-state index contributed by atoms with van der Waals surface area (Å²) in [5, 5.41) is 0.949. The Morgan fingerprint density at radius 3 is 2.80 bits per heavy atom. The maximum atomic E-state index is 12.1. The zero-order valence-electron chi connectivity index (χ0n) is 9.54. The summed E-state index contributed by atoms with van der Waals surface area (Å²) in [6, 6.07) is 0.289. The molecule has 1 rings (SSSR count). The van der Waals surface area contributed by atoms with Crippen LogP contribution in [0.25, 0.3) is 0 Å². The molecule has 1 heterocycles. The largest absolute Gasteiger partial charge is 0.381 e. The summed E-state index contributed by atoms with van der Waals surface area (Å²) >= 11 is 3.40. The summed E-state index contributed by atoms with van der Waals surface area (Å²) in [6.07, 6.45) is 1.90. The van der Waals surface area contributed by atoms with Crippen LogP contribution in [0.2, 0.25) is 0 Å². The molecule has 1 unspecified atom stereocenters. The third kappa shape index (κ3) is 3.76. The maximum Gasteiger partial charge on any atom is 0.228 e. The van der Waals surface area contributed by atoms with Crippen molar-refractivity contribution >= 4 is 21.8 Å². The minimum absolute atomic E-state index is 0.0997. The number of carbonyl (C=O) groups excluding carboxylic acids is 1. The van der Waals surface area contributed by atoms with Crippen LogP contribution in [-0.4, -0.2) is 41.9 Å². The van der Waals surface area contributed by atoms with Gasteiger partial charge in [0.1, 0.15) is 0 Å². The third-order valence-corrected chi connectivity index (χ3v) is 3.28. The first-order valence-electron chi connectivity index (χ1n) is 5.61. The average molecular weight is 278 g/mol. The predicted molar refractivity (Wildman–Crippen MR) is 64.2 cm³/mol. The van der Waals surface area contributed by atoms with Crippen molar-refractivity contribution in [1.29, 1.82) is 0 Å². The molecule has 4 heteroatoms. The smallest absolute Gasteiger partial charge is 0.228 e. The van der Waals surface area contributed by atoms with E-state index < -0.39 is 0 Å². The van der Waals surface area contributed by atoms with Gasteiger partial charge in [-0.15, -0.1) is 0 Å². The highest BCUT2D eigenvalue weighted by Gasteiger charge is 2.28. The summed E-state index contributed by atoms with van der Waals surface area (Å²) in [5.41, 5.74) is 0. The normalized spacial score (nSPS) is 20.9. The zero-order valence-corrected chi connectivity index (χ0v) is 11.1. The van der Waals surface area contributed by atoms with Gasteiger partial charge in [-0.25, -0.2) is 0 Å². The Hall–Kier alpha value is -0.0900. The number of nitrogens with zero attached hydrogens (tertiary/aromatic N) is 1. The van der Waals surface area contributed by atoms with E-state index in [4.69, 9.17) is 4.74 Å². The van der Waals surface area contributed by atoms with Gasteiger partial charge in [-0.1, -0.05) is 15.9 Å². The van der Waals surface area contributed by atoms with Crippen LogP contribution in [0.5, 0.6) is 0 Å². The molecule has 0 N–H and O–H groups in total. The molecule has 1 aliphatic rings. The Labute approximate surface area is 100 Å². The lowest BCUT2D eigenvalue weighted by atomic mass is 10.1. The predicted octanol–water partition coefficient (Wildman–Crippen LogP) is 2.04. The standard InChI is InChI=1S/C11H20BrNO2/c1-9(2)13(6-3-5-12)11(14)10-4-7-15-8-10/h9-10H,3-8H2,1-2H3. The van der Waals surface area contributed by atoms with E-state index in [2.05, 4.69) is 29.8 Å². The molecule has 0 spiro atoms. The lowest BCUT2D eigenvalue weighted by Gasteiger charge is -2.28. The molecule has 0 bridgehead atoms. The van der Waals surface area contributed by atoms with E-state index in [-0.39, 0.29) is 17.9 Å². The van der Waals surface area contributed by atoms with Gasteiger partial charge in [0.15, 0.2) is 0 Å². The van der Waals surface area contributed by atoms with Gasteiger partial charge in [0, 0.05) is 24.5 Å². The molecular formula is C11H20BrNO2. The van der Waals surface area contributed by atoms with Gasteiger partial charge in [-0.05, 0) is 26.7 Å².